The number of aromatic nitrogens is 2. The first-order valence-corrected chi connectivity index (χ1v) is 6.74. The van der Waals surface area contributed by atoms with E-state index in [0.29, 0.717) is 18.7 Å². The zero-order chi connectivity index (χ0) is 14.5. The summed E-state index contributed by atoms with van der Waals surface area (Å²) in [5.41, 5.74) is 4.81. The molecule has 0 aliphatic rings. The summed E-state index contributed by atoms with van der Waals surface area (Å²) in [5, 5.41) is 13.3. The highest BCUT2D eigenvalue weighted by Gasteiger charge is 2.07. The molecule has 20 heavy (non-hydrogen) atoms. The molecule has 0 saturated heterocycles. The van der Waals surface area contributed by atoms with Crippen molar-refractivity contribution in [2.75, 3.05) is 11.9 Å². The minimum absolute atomic E-state index is 0.0492. The number of hydrogen-bond donors (Lipinski definition) is 3. The molecule has 0 spiro atoms. The van der Waals surface area contributed by atoms with E-state index in [2.05, 4.69) is 20.8 Å². The number of carbonyl (C=O) groups is 1. The lowest BCUT2D eigenvalue weighted by atomic mass is 10.1. The normalized spacial score (nSPS) is 10.3. The zero-order valence-electron chi connectivity index (χ0n) is 12.1. The van der Waals surface area contributed by atoms with Crippen LogP contribution in [0.5, 0.6) is 0 Å². The molecular weight excluding hydrogens is 252 g/mol. The van der Waals surface area contributed by atoms with Crippen molar-refractivity contribution in [3.8, 4) is 0 Å². The summed E-state index contributed by atoms with van der Waals surface area (Å²) in [6.07, 6.45) is 0. The minimum Gasteiger partial charge on any atom is -0.381 e. The number of carbonyl (C=O) groups excluding carboxylic acids is 1. The van der Waals surface area contributed by atoms with Crippen LogP contribution in [0.3, 0.4) is 0 Å². The maximum atomic E-state index is 11.8. The third-order valence-electron chi connectivity index (χ3n) is 3.21. The van der Waals surface area contributed by atoms with Crippen LogP contribution in [0.2, 0.25) is 0 Å². The maximum absolute atomic E-state index is 11.8. The number of hydrogen-bond acceptors (Lipinski definition) is 3. The van der Waals surface area contributed by atoms with Crippen LogP contribution < -0.4 is 10.6 Å². The molecule has 0 unspecified atom stereocenters. The summed E-state index contributed by atoms with van der Waals surface area (Å²) in [6.45, 7) is 7.20. The van der Waals surface area contributed by atoms with Gasteiger partial charge in [-0.3, -0.25) is 9.89 Å². The lowest BCUT2D eigenvalue weighted by molar-refractivity contribution is 0.0956. The van der Waals surface area contributed by atoms with Crippen LogP contribution in [0.4, 0.5) is 5.69 Å². The SMILES string of the molecule is CCNC(=O)c1cccc(NCc2c(C)n[nH]c2C)c1. The van der Waals surface area contributed by atoms with Crippen molar-refractivity contribution < 1.29 is 4.79 Å². The summed E-state index contributed by atoms with van der Waals surface area (Å²) in [5.74, 6) is -0.0492. The average Bonchev–Trinajstić information content (AvgIpc) is 2.76. The highest BCUT2D eigenvalue weighted by molar-refractivity contribution is 5.95. The van der Waals surface area contributed by atoms with Gasteiger partial charge in [0.2, 0.25) is 0 Å². The molecule has 0 saturated carbocycles. The van der Waals surface area contributed by atoms with Gasteiger partial charge in [-0.1, -0.05) is 6.07 Å². The van der Waals surface area contributed by atoms with Crippen molar-refractivity contribution in [2.24, 2.45) is 0 Å². The summed E-state index contributed by atoms with van der Waals surface area (Å²) in [4.78, 5) is 11.8. The second-order valence-electron chi connectivity index (χ2n) is 4.71. The third-order valence-corrected chi connectivity index (χ3v) is 3.21. The Morgan fingerprint density at radius 3 is 2.80 bits per heavy atom. The van der Waals surface area contributed by atoms with Crippen LogP contribution in [0.25, 0.3) is 0 Å². The summed E-state index contributed by atoms with van der Waals surface area (Å²) in [7, 11) is 0. The van der Waals surface area contributed by atoms with E-state index < -0.39 is 0 Å². The second kappa shape index (κ2) is 6.23. The van der Waals surface area contributed by atoms with Crippen LogP contribution in [-0.2, 0) is 6.54 Å². The standard InChI is InChI=1S/C15H20N4O/c1-4-16-15(20)12-6-5-7-13(8-12)17-9-14-10(2)18-19-11(14)3/h5-8,17H,4,9H2,1-3H3,(H,16,20)(H,18,19). The van der Waals surface area contributed by atoms with Crippen molar-refractivity contribution in [3.63, 3.8) is 0 Å². The topological polar surface area (TPSA) is 69.8 Å². The van der Waals surface area contributed by atoms with Gasteiger partial charge >= 0.3 is 0 Å². The van der Waals surface area contributed by atoms with Crippen LogP contribution in [0, 0.1) is 13.8 Å². The van der Waals surface area contributed by atoms with Crippen LogP contribution in [0.15, 0.2) is 24.3 Å². The Balaban J connectivity index is 2.07. The highest BCUT2D eigenvalue weighted by atomic mass is 16.1. The minimum atomic E-state index is -0.0492. The van der Waals surface area contributed by atoms with E-state index in [1.807, 2.05) is 45.0 Å². The van der Waals surface area contributed by atoms with E-state index in [0.717, 1.165) is 22.6 Å². The van der Waals surface area contributed by atoms with Gasteiger partial charge in [0.15, 0.2) is 0 Å². The van der Waals surface area contributed by atoms with Gasteiger partial charge in [-0.2, -0.15) is 5.10 Å². The highest BCUT2D eigenvalue weighted by Crippen LogP contribution is 2.15. The Bertz CT molecular complexity index is 584. The molecule has 0 aliphatic carbocycles. The quantitative estimate of drug-likeness (QED) is 0.782. The van der Waals surface area contributed by atoms with Gasteiger partial charge in [-0.15, -0.1) is 0 Å². The fourth-order valence-corrected chi connectivity index (χ4v) is 2.06. The van der Waals surface area contributed by atoms with Crippen molar-refractivity contribution in [3.05, 3.63) is 46.8 Å². The number of anilines is 1. The van der Waals surface area contributed by atoms with Crippen LogP contribution in [-0.4, -0.2) is 22.6 Å². The number of amides is 1. The van der Waals surface area contributed by atoms with Crippen molar-refractivity contribution in [1.29, 1.82) is 0 Å². The molecule has 1 amide bonds. The molecule has 0 fully saturated rings. The van der Waals surface area contributed by atoms with Crippen molar-refractivity contribution >= 4 is 11.6 Å². The molecule has 0 bridgehead atoms. The number of aryl methyl sites for hydroxylation is 2. The third kappa shape index (κ3) is 3.17. The van der Waals surface area contributed by atoms with E-state index in [1.165, 1.54) is 0 Å². The van der Waals surface area contributed by atoms with Gasteiger partial charge in [-0.05, 0) is 39.0 Å². The maximum Gasteiger partial charge on any atom is 0.251 e. The molecule has 0 aliphatic heterocycles. The predicted molar refractivity (Wildman–Crippen MR) is 79.8 cm³/mol. The number of nitrogens with one attached hydrogen (secondary N) is 3. The fourth-order valence-electron chi connectivity index (χ4n) is 2.06. The lowest BCUT2D eigenvalue weighted by Gasteiger charge is -2.09. The first-order chi connectivity index (χ1) is 9.61. The molecule has 1 heterocycles. The van der Waals surface area contributed by atoms with E-state index in [-0.39, 0.29) is 5.91 Å². The van der Waals surface area contributed by atoms with Gasteiger partial charge in [0.25, 0.3) is 5.91 Å². The van der Waals surface area contributed by atoms with E-state index in [9.17, 15) is 4.79 Å². The molecule has 1 aromatic carbocycles. The van der Waals surface area contributed by atoms with Crippen molar-refractivity contribution in [2.45, 2.75) is 27.3 Å². The Morgan fingerprint density at radius 2 is 2.15 bits per heavy atom. The van der Waals surface area contributed by atoms with Crippen molar-refractivity contribution in [1.82, 2.24) is 15.5 Å². The number of H-pyrrole nitrogens is 1. The molecule has 2 aromatic rings. The molecule has 3 N–H and O–H groups in total. The summed E-state index contributed by atoms with van der Waals surface area (Å²) in [6, 6.07) is 7.50. The second-order valence-corrected chi connectivity index (χ2v) is 4.71. The first-order valence-electron chi connectivity index (χ1n) is 6.74. The summed E-state index contributed by atoms with van der Waals surface area (Å²) < 4.78 is 0. The Kier molecular flexibility index (Phi) is 4.40. The van der Waals surface area contributed by atoms with Gasteiger partial charge in [0.05, 0.1) is 5.69 Å². The number of rotatable bonds is 5. The molecular formula is C15H20N4O. The van der Waals surface area contributed by atoms with Crippen LogP contribution in [0.1, 0.15) is 34.2 Å². The molecule has 1 aromatic heterocycles. The molecule has 5 nitrogen and oxygen atoms in total. The molecule has 0 atom stereocenters. The Morgan fingerprint density at radius 1 is 1.35 bits per heavy atom. The summed E-state index contributed by atoms with van der Waals surface area (Å²) >= 11 is 0. The monoisotopic (exact) mass is 272 g/mol. The van der Waals surface area contributed by atoms with E-state index in [1.54, 1.807) is 0 Å². The molecule has 5 heteroatoms. The van der Waals surface area contributed by atoms with Crippen LogP contribution >= 0.6 is 0 Å². The number of nitrogens with zero attached hydrogens (tertiary/aromatic N) is 1. The lowest BCUT2D eigenvalue weighted by Crippen LogP contribution is -2.22. The number of benzene rings is 1. The molecule has 106 valence electrons. The fraction of sp³-hybridized carbons (Fsp3) is 0.333. The van der Waals surface area contributed by atoms with Gasteiger partial charge in [0, 0.05) is 35.6 Å². The average molecular weight is 272 g/mol. The Labute approximate surface area is 118 Å². The first kappa shape index (κ1) is 14.1. The van der Waals surface area contributed by atoms with E-state index in [4.69, 9.17) is 0 Å². The molecule has 2 rings (SSSR count). The predicted octanol–water partition coefficient (Wildman–Crippen LogP) is 2.39. The zero-order valence-corrected chi connectivity index (χ0v) is 12.1. The van der Waals surface area contributed by atoms with Gasteiger partial charge in [0.1, 0.15) is 0 Å². The van der Waals surface area contributed by atoms with Gasteiger partial charge in [-0.25, -0.2) is 0 Å². The smallest absolute Gasteiger partial charge is 0.251 e. The number of aromatic amines is 1. The molecule has 0 radical (unpaired) electrons. The largest absolute Gasteiger partial charge is 0.381 e. The van der Waals surface area contributed by atoms with Gasteiger partial charge < -0.3 is 10.6 Å². The Hall–Kier alpha value is -2.30. The van der Waals surface area contributed by atoms with E-state index >= 15 is 0 Å².